The van der Waals surface area contributed by atoms with Gasteiger partial charge >= 0.3 is 0 Å². The van der Waals surface area contributed by atoms with Crippen molar-refractivity contribution in [2.45, 2.75) is 31.1 Å². The molecule has 0 aromatic heterocycles. The zero-order valence-corrected chi connectivity index (χ0v) is 19.6. The molecule has 0 aliphatic heterocycles. The van der Waals surface area contributed by atoms with E-state index in [0.29, 0.717) is 27.4 Å². The summed E-state index contributed by atoms with van der Waals surface area (Å²) in [4.78, 5) is 0.146. The number of benzene rings is 3. The van der Waals surface area contributed by atoms with Crippen molar-refractivity contribution in [2.75, 3.05) is 15.4 Å². The predicted octanol–water partition coefficient (Wildman–Crippen LogP) is 6.46. The Labute approximate surface area is 193 Å². The van der Waals surface area contributed by atoms with Crippen molar-refractivity contribution >= 4 is 56.0 Å². The van der Waals surface area contributed by atoms with Crippen molar-refractivity contribution in [1.29, 1.82) is 0 Å². The first kappa shape index (κ1) is 23.1. The molecule has 0 saturated heterocycles. The molecule has 0 heterocycles. The number of halogens is 1. The second-order valence-corrected chi connectivity index (χ2v) is 9.67. The summed E-state index contributed by atoms with van der Waals surface area (Å²) in [6, 6.07) is 21.0. The lowest BCUT2D eigenvalue weighted by Crippen LogP contribution is -2.19. The van der Waals surface area contributed by atoms with Crippen molar-refractivity contribution in [3.8, 4) is 0 Å². The Hall–Kier alpha value is -2.61. The van der Waals surface area contributed by atoms with Crippen LogP contribution in [0.25, 0.3) is 0 Å². The molecule has 1 atom stereocenters. The summed E-state index contributed by atoms with van der Waals surface area (Å²) in [6.07, 6.45) is 1.09. The highest BCUT2D eigenvalue weighted by Gasteiger charge is 2.14. The van der Waals surface area contributed by atoms with Crippen molar-refractivity contribution in [3.63, 3.8) is 0 Å². The molecule has 3 aromatic carbocycles. The van der Waals surface area contributed by atoms with Crippen LogP contribution in [0.2, 0.25) is 5.02 Å². The van der Waals surface area contributed by atoms with Gasteiger partial charge in [-0.2, -0.15) is 0 Å². The fraction of sp³-hybridized carbons (Fsp3) is 0.174. The Kier molecular flexibility index (Phi) is 7.54. The Morgan fingerprint density at radius 3 is 1.87 bits per heavy atom. The molecule has 0 fully saturated rings. The zero-order chi connectivity index (χ0) is 22.4. The molecule has 0 saturated carbocycles. The summed E-state index contributed by atoms with van der Waals surface area (Å²) in [5.74, 6) is 0.517. The third-order valence-electron chi connectivity index (χ3n) is 4.87. The summed E-state index contributed by atoms with van der Waals surface area (Å²) in [7, 11) is -3.70. The molecule has 162 valence electrons. The molecule has 5 nitrogen and oxygen atoms in total. The van der Waals surface area contributed by atoms with Crippen LogP contribution in [0.5, 0.6) is 0 Å². The first-order chi connectivity index (χ1) is 14.8. The molecule has 3 aromatic rings. The summed E-state index contributed by atoms with van der Waals surface area (Å²) in [5, 5.41) is 7.16. The largest absolute Gasteiger partial charge is 0.332 e. The highest BCUT2D eigenvalue weighted by Crippen LogP contribution is 2.22. The van der Waals surface area contributed by atoms with E-state index in [2.05, 4.69) is 41.3 Å². The van der Waals surface area contributed by atoms with Gasteiger partial charge in [0.25, 0.3) is 10.0 Å². The fourth-order valence-electron chi connectivity index (χ4n) is 2.87. The molecular formula is C23H24ClN3O2S2. The number of anilines is 3. The molecule has 0 bridgehead atoms. The molecule has 3 N–H and O–H groups in total. The number of thiocarbonyl (C=S) groups is 1. The van der Waals surface area contributed by atoms with Gasteiger partial charge in [0.15, 0.2) is 5.11 Å². The van der Waals surface area contributed by atoms with Crippen LogP contribution in [0.3, 0.4) is 0 Å². The summed E-state index contributed by atoms with van der Waals surface area (Å²) in [5.41, 5.74) is 3.29. The normalized spacial score (nSPS) is 12.1. The second-order valence-electron chi connectivity index (χ2n) is 7.15. The van der Waals surface area contributed by atoms with Gasteiger partial charge in [-0.05, 0) is 90.8 Å². The maximum atomic E-state index is 12.6. The van der Waals surface area contributed by atoms with Gasteiger partial charge in [-0.15, -0.1) is 0 Å². The van der Waals surface area contributed by atoms with E-state index in [4.69, 9.17) is 23.8 Å². The molecule has 31 heavy (non-hydrogen) atoms. The van der Waals surface area contributed by atoms with Crippen molar-refractivity contribution in [2.24, 2.45) is 0 Å². The van der Waals surface area contributed by atoms with Crippen LogP contribution in [0.4, 0.5) is 17.1 Å². The van der Waals surface area contributed by atoms with E-state index in [1.807, 2.05) is 12.1 Å². The van der Waals surface area contributed by atoms with Gasteiger partial charge in [0.05, 0.1) is 4.90 Å². The fourth-order valence-corrected chi connectivity index (χ4v) is 4.29. The average Bonchev–Trinajstić information content (AvgIpc) is 2.75. The van der Waals surface area contributed by atoms with Gasteiger partial charge in [-0.25, -0.2) is 8.42 Å². The second kappa shape index (κ2) is 10.1. The number of hydrogen-bond acceptors (Lipinski definition) is 3. The predicted molar refractivity (Wildman–Crippen MR) is 134 cm³/mol. The van der Waals surface area contributed by atoms with E-state index < -0.39 is 10.0 Å². The van der Waals surface area contributed by atoms with E-state index >= 15 is 0 Å². The van der Waals surface area contributed by atoms with Gasteiger partial charge in [0.2, 0.25) is 0 Å². The van der Waals surface area contributed by atoms with E-state index in [9.17, 15) is 8.42 Å². The van der Waals surface area contributed by atoms with E-state index in [1.165, 1.54) is 17.7 Å². The van der Waals surface area contributed by atoms with Crippen LogP contribution < -0.4 is 15.4 Å². The maximum absolute atomic E-state index is 12.6. The van der Waals surface area contributed by atoms with Crippen LogP contribution in [-0.4, -0.2) is 13.5 Å². The number of hydrogen-bond donors (Lipinski definition) is 3. The Morgan fingerprint density at radius 1 is 0.871 bits per heavy atom. The lowest BCUT2D eigenvalue weighted by Gasteiger charge is -2.13. The van der Waals surface area contributed by atoms with Gasteiger partial charge in [-0.1, -0.05) is 37.6 Å². The Bertz CT molecular complexity index is 1130. The standard InChI is InChI=1S/C23H24ClN3O2S2/c1-3-16(2)17-4-8-19(9-5-17)25-23(30)26-20-12-14-22(15-13-20)31(28,29)27-21-10-6-18(24)7-11-21/h4-16,27H,3H2,1-2H3,(H2,25,26,30)/t16-/m0/s1. The third kappa shape index (κ3) is 6.43. The zero-order valence-electron chi connectivity index (χ0n) is 17.2. The summed E-state index contributed by atoms with van der Waals surface area (Å²) in [6.45, 7) is 4.36. The maximum Gasteiger partial charge on any atom is 0.261 e. The quantitative estimate of drug-likeness (QED) is 0.343. The molecular weight excluding hydrogens is 450 g/mol. The minimum absolute atomic E-state index is 0.146. The van der Waals surface area contributed by atoms with E-state index in [-0.39, 0.29) is 4.90 Å². The van der Waals surface area contributed by atoms with Crippen LogP contribution >= 0.6 is 23.8 Å². The first-order valence-electron chi connectivity index (χ1n) is 9.83. The van der Waals surface area contributed by atoms with Crippen molar-refractivity contribution < 1.29 is 8.42 Å². The minimum Gasteiger partial charge on any atom is -0.332 e. The van der Waals surface area contributed by atoms with Gasteiger partial charge < -0.3 is 10.6 Å². The highest BCUT2D eigenvalue weighted by molar-refractivity contribution is 7.92. The lowest BCUT2D eigenvalue weighted by molar-refractivity contribution is 0.601. The average molecular weight is 474 g/mol. The molecule has 3 rings (SSSR count). The lowest BCUT2D eigenvalue weighted by atomic mass is 9.99. The summed E-state index contributed by atoms with van der Waals surface area (Å²) < 4.78 is 27.6. The van der Waals surface area contributed by atoms with Gasteiger partial charge in [0.1, 0.15) is 0 Å². The van der Waals surface area contributed by atoms with E-state index in [1.54, 1.807) is 36.4 Å². The topological polar surface area (TPSA) is 70.2 Å². The minimum atomic E-state index is -3.70. The smallest absolute Gasteiger partial charge is 0.261 e. The number of nitrogens with one attached hydrogen (secondary N) is 3. The van der Waals surface area contributed by atoms with E-state index in [0.717, 1.165) is 12.1 Å². The Morgan fingerprint density at radius 2 is 1.35 bits per heavy atom. The highest BCUT2D eigenvalue weighted by atomic mass is 35.5. The van der Waals surface area contributed by atoms with Crippen molar-refractivity contribution in [3.05, 3.63) is 83.4 Å². The van der Waals surface area contributed by atoms with Crippen LogP contribution in [0, 0.1) is 0 Å². The first-order valence-corrected chi connectivity index (χ1v) is 12.1. The third-order valence-corrected chi connectivity index (χ3v) is 6.72. The Balaban J connectivity index is 1.60. The molecule has 0 unspecified atom stereocenters. The number of sulfonamides is 1. The molecule has 0 spiro atoms. The molecule has 8 heteroatoms. The number of rotatable bonds is 7. The monoisotopic (exact) mass is 473 g/mol. The van der Waals surface area contributed by atoms with Gasteiger partial charge in [-0.3, -0.25) is 4.72 Å². The molecule has 0 aliphatic carbocycles. The van der Waals surface area contributed by atoms with Crippen LogP contribution in [0.1, 0.15) is 31.7 Å². The van der Waals surface area contributed by atoms with Crippen molar-refractivity contribution in [1.82, 2.24) is 0 Å². The summed E-state index contributed by atoms with van der Waals surface area (Å²) >= 11 is 11.2. The SMILES string of the molecule is CC[C@H](C)c1ccc(NC(=S)Nc2ccc(S(=O)(=O)Nc3ccc(Cl)cc3)cc2)cc1. The molecule has 0 radical (unpaired) electrons. The van der Waals surface area contributed by atoms with Gasteiger partial charge in [0, 0.05) is 22.1 Å². The molecule has 0 aliphatic rings. The van der Waals surface area contributed by atoms with Crippen LogP contribution in [0.15, 0.2) is 77.7 Å². The van der Waals surface area contributed by atoms with Crippen LogP contribution in [-0.2, 0) is 10.0 Å². The molecule has 0 amide bonds.